The molecular weight excluding hydrogens is 382 g/mol. The first-order valence-electron chi connectivity index (χ1n) is 8.28. The largest absolute Gasteiger partial charge is 0.375 e. The summed E-state index contributed by atoms with van der Waals surface area (Å²) in [5.74, 6) is 0.759. The van der Waals surface area contributed by atoms with Gasteiger partial charge in [0.05, 0.1) is 15.3 Å². The molecule has 28 heavy (non-hydrogen) atoms. The number of nitrogens with zero attached hydrogens (tertiary/aromatic N) is 3. The van der Waals surface area contributed by atoms with Gasteiger partial charge in [-0.25, -0.2) is 18.5 Å². The van der Waals surface area contributed by atoms with Crippen molar-refractivity contribution in [1.29, 1.82) is 0 Å². The van der Waals surface area contributed by atoms with Gasteiger partial charge in [-0.1, -0.05) is 18.2 Å². The fraction of sp³-hybridized carbons (Fsp3) is 0.167. The number of nitrogens with two attached hydrogens (primary N) is 1. The summed E-state index contributed by atoms with van der Waals surface area (Å²) in [6.45, 7) is 0.291. The molecule has 0 spiro atoms. The minimum atomic E-state index is -4.03. The van der Waals surface area contributed by atoms with Crippen LogP contribution in [0.5, 0.6) is 0 Å². The second kappa shape index (κ2) is 7.41. The summed E-state index contributed by atoms with van der Waals surface area (Å²) >= 11 is 0. The lowest BCUT2D eigenvalue weighted by atomic mass is 10.1. The standard InChI is InChI=1S/C18H19N5O4S/c1-22(2)18-9-12(14-5-3-4-6-15(14)21-18)11-20-16-8-7-13(28(19,26)27)10-17(16)23(24)25/h3-10,20H,11H2,1-2H3,(H2,19,26,27). The summed E-state index contributed by atoms with van der Waals surface area (Å²) in [6, 6.07) is 13.0. The van der Waals surface area contributed by atoms with Gasteiger partial charge in [0.15, 0.2) is 0 Å². The molecule has 146 valence electrons. The lowest BCUT2D eigenvalue weighted by Gasteiger charge is -2.16. The molecule has 0 amide bonds. The molecular formula is C18H19N5O4S. The van der Waals surface area contributed by atoms with Crippen LogP contribution in [0.15, 0.2) is 53.4 Å². The Kier molecular flexibility index (Phi) is 5.16. The third kappa shape index (κ3) is 4.02. The van der Waals surface area contributed by atoms with E-state index in [0.717, 1.165) is 28.4 Å². The van der Waals surface area contributed by atoms with Crippen LogP contribution in [-0.2, 0) is 16.6 Å². The fourth-order valence-corrected chi connectivity index (χ4v) is 3.32. The quantitative estimate of drug-likeness (QED) is 0.479. The van der Waals surface area contributed by atoms with Crippen LogP contribution in [0, 0.1) is 10.1 Å². The van der Waals surface area contributed by atoms with E-state index in [9.17, 15) is 18.5 Å². The molecule has 0 fully saturated rings. The van der Waals surface area contributed by atoms with Crippen LogP contribution in [-0.4, -0.2) is 32.4 Å². The molecule has 3 N–H and O–H groups in total. The zero-order valence-corrected chi connectivity index (χ0v) is 16.1. The molecule has 0 aliphatic carbocycles. The minimum Gasteiger partial charge on any atom is -0.375 e. The minimum absolute atomic E-state index is 0.199. The van der Waals surface area contributed by atoms with Gasteiger partial charge in [-0.3, -0.25) is 10.1 Å². The van der Waals surface area contributed by atoms with Crippen molar-refractivity contribution in [2.24, 2.45) is 5.14 Å². The number of nitro groups is 1. The molecule has 0 saturated carbocycles. The highest BCUT2D eigenvalue weighted by atomic mass is 32.2. The molecule has 0 atom stereocenters. The fourth-order valence-electron chi connectivity index (χ4n) is 2.79. The predicted molar refractivity (Wildman–Crippen MR) is 108 cm³/mol. The Hall–Kier alpha value is -3.24. The van der Waals surface area contributed by atoms with Gasteiger partial charge in [0, 0.05) is 32.1 Å². The summed E-state index contributed by atoms with van der Waals surface area (Å²) in [7, 11) is -0.272. The molecule has 0 radical (unpaired) electrons. The van der Waals surface area contributed by atoms with E-state index in [1.54, 1.807) is 0 Å². The van der Waals surface area contributed by atoms with E-state index in [1.165, 1.54) is 12.1 Å². The Morgan fingerprint density at radius 3 is 2.54 bits per heavy atom. The molecule has 0 aliphatic rings. The maximum atomic E-state index is 11.5. The van der Waals surface area contributed by atoms with Crippen LogP contribution in [0.4, 0.5) is 17.2 Å². The van der Waals surface area contributed by atoms with Gasteiger partial charge in [0.25, 0.3) is 5.69 Å². The number of hydrogen-bond acceptors (Lipinski definition) is 7. The third-order valence-electron chi connectivity index (χ3n) is 4.21. The van der Waals surface area contributed by atoms with Crippen LogP contribution >= 0.6 is 0 Å². The van der Waals surface area contributed by atoms with Crippen molar-refractivity contribution in [3.8, 4) is 0 Å². The van der Waals surface area contributed by atoms with Crippen LogP contribution in [0.2, 0.25) is 0 Å². The van der Waals surface area contributed by atoms with Crippen LogP contribution in [0.3, 0.4) is 0 Å². The molecule has 3 rings (SSSR count). The molecule has 3 aromatic rings. The van der Waals surface area contributed by atoms with Gasteiger partial charge in [0.2, 0.25) is 10.0 Å². The van der Waals surface area contributed by atoms with Gasteiger partial charge in [-0.15, -0.1) is 0 Å². The Morgan fingerprint density at radius 2 is 1.89 bits per heavy atom. The monoisotopic (exact) mass is 401 g/mol. The molecule has 0 saturated heterocycles. The first-order valence-corrected chi connectivity index (χ1v) is 9.82. The Bertz CT molecular complexity index is 1160. The number of hydrogen-bond donors (Lipinski definition) is 2. The summed E-state index contributed by atoms with van der Waals surface area (Å²) in [6.07, 6.45) is 0. The Labute approximate surface area is 162 Å². The lowest BCUT2D eigenvalue weighted by molar-refractivity contribution is -0.384. The average Bonchev–Trinajstić information content (AvgIpc) is 2.64. The second-order valence-electron chi connectivity index (χ2n) is 6.39. The van der Waals surface area contributed by atoms with E-state index in [4.69, 9.17) is 5.14 Å². The molecule has 1 aromatic heterocycles. The van der Waals surface area contributed by atoms with Gasteiger partial charge in [0.1, 0.15) is 11.5 Å². The van der Waals surface area contributed by atoms with Crippen molar-refractivity contribution >= 4 is 38.1 Å². The van der Waals surface area contributed by atoms with Crippen molar-refractivity contribution in [3.05, 3.63) is 64.2 Å². The highest BCUT2D eigenvalue weighted by Crippen LogP contribution is 2.29. The van der Waals surface area contributed by atoms with E-state index >= 15 is 0 Å². The number of nitro benzene ring substituents is 1. The Morgan fingerprint density at radius 1 is 1.18 bits per heavy atom. The van der Waals surface area contributed by atoms with Gasteiger partial charge < -0.3 is 10.2 Å². The lowest BCUT2D eigenvalue weighted by Crippen LogP contribution is -2.13. The summed E-state index contributed by atoms with van der Waals surface area (Å²) in [4.78, 5) is 16.9. The molecule has 1 heterocycles. The van der Waals surface area contributed by atoms with Crippen LogP contribution in [0.25, 0.3) is 10.9 Å². The van der Waals surface area contributed by atoms with E-state index in [0.29, 0.717) is 6.54 Å². The van der Waals surface area contributed by atoms with E-state index in [-0.39, 0.29) is 16.3 Å². The number of primary sulfonamides is 1. The van der Waals surface area contributed by atoms with Gasteiger partial charge in [-0.2, -0.15) is 0 Å². The first kappa shape index (κ1) is 19.5. The normalized spacial score (nSPS) is 11.4. The van der Waals surface area contributed by atoms with Gasteiger partial charge >= 0.3 is 0 Å². The molecule has 0 unspecified atom stereocenters. The second-order valence-corrected chi connectivity index (χ2v) is 7.95. The van der Waals surface area contributed by atoms with Crippen molar-refractivity contribution in [1.82, 2.24) is 4.98 Å². The van der Waals surface area contributed by atoms with Crippen molar-refractivity contribution in [2.75, 3.05) is 24.3 Å². The predicted octanol–water partition coefficient (Wildman–Crippen LogP) is 2.47. The van der Waals surface area contributed by atoms with Crippen LogP contribution in [0.1, 0.15) is 5.56 Å². The number of nitrogens with one attached hydrogen (secondary N) is 1. The van der Waals surface area contributed by atoms with Gasteiger partial charge in [-0.05, 0) is 29.8 Å². The summed E-state index contributed by atoms with van der Waals surface area (Å²) in [5, 5.41) is 20.4. The van der Waals surface area contributed by atoms with E-state index in [2.05, 4.69) is 10.3 Å². The highest BCUT2D eigenvalue weighted by Gasteiger charge is 2.19. The number of aromatic nitrogens is 1. The van der Waals surface area contributed by atoms with Crippen molar-refractivity contribution < 1.29 is 13.3 Å². The molecule has 10 heteroatoms. The smallest absolute Gasteiger partial charge is 0.293 e. The number of pyridine rings is 1. The molecule has 0 bridgehead atoms. The van der Waals surface area contributed by atoms with E-state index in [1.807, 2.05) is 49.3 Å². The van der Waals surface area contributed by atoms with Crippen molar-refractivity contribution in [2.45, 2.75) is 11.4 Å². The van der Waals surface area contributed by atoms with Crippen molar-refractivity contribution in [3.63, 3.8) is 0 Å². The molecule has 0 aliphatic heterocycles. The third-order valence-corrected chi connectivity index (χ3v) is 5.12. The first-order chi connectivity index (χ1) is 13.2. The maximum Gasteiger partial charge on any atom is 0.293 e. The number of benzene rings is 2. The number of anilines is 2. The topological polar surface area (TPSA) is 131 Å². The zero-order chi connectivity index (χ0) is 20.5. The zero-order valence-electron chi connectivity index (χ0n) is 15.3. The average molecular weight is 401 g/mol. The number of fused-ring (bicyclic) bond motifs is 1. The number of sulfonamides is 1. The molecule has 2 aromatic carbocycles. The highest BCUT2D eigenvalue weighted by molar-refractivity contribution is 7.89. The number of para-hydroxylation sites is 1. The SMILES string of the molecule is CN(C)c1cc(CNc2ccc(S(N)(=O)=O)cc2[N+](=O)[O-])c2ccccc2n1. The van der Waals surface area contributed by atoms with Crippen LogP contribution < -0.4 is 15.4 Å². The maximum absolute atomic E-state index is 11.5. The summed E-state index contributed by atoms with van der Waals surface area (Å²) < 4.78 is 22.9. The molecule has 9 nitrogen and oxygen atoms in total. The van der Waals surface area contributed by atoms with E-state index < -0.39 is 14.9 Å². The number of rotatable bonds is 6. The summed E-state index contributed by atoms with van der Waals surface area (Å²) in [5.41, 5.74) is 1.55. The Balaban J connectivity index is 1.99.